The highest BCUT2D eigenvalue weighted by molar-refractivity contribution is 6.30. The summed E-state index contributed by atoms with van der Waals surface area (Å²) < 4.78 is 0. The van der Waals surface area contributed by atoms with Crippen molar-refractivity contribution < 1.29 is 9.90 Å². The highest BCUT2D eigenvalue weighted by atomic mass is 35.5. The van der Waals surface area contributed by atoms with Crippen LogP contribution in [-0.2, 0) is 0 Å². The van der Waals surface area contributed by atoms with E-state index in [0.717, 1.165) is 12.8 Å². The number of hydrogen-bond acceptors (Lipinski definition) is 2. The van der Waals surface area contributed by atoms with Crippen LogP contribution in [0.3, 0.4) is 0 Å². The van der Waals surface area contributed by atoms with Crippen molar-refractivity contribution in [1.29, 1.82) is 0 Å². The van der Waals surface area contributed by atoms with Gasteiger partial charge in [-0.1, -0.05) is 44.4 Å². The van der Waals surface area contributed by atoms with Crippen LogP contribution in [0.25, 0.3) is 0 Å². The zero-order valence-electron chi connectivity index (χ0n) is 12.1. The fourth-order valence-corrected chi connectivity index (χ4v) is 2.41. The highest BCUT2D eigenvalue weighted by Crippen LogP contribution is 2.19. The van der Waals surface area contributed by atoms with Gasteiger partial charge in [0, 0.05) is 17.3 Å². The van der Waals surface area contributed by atoms with Crippen LogP contribution in [0, 0.1) is 0 Å². The van der Waals surface area contributed by atoms with E-state index in [-0.39, 0.29) is 12.6 Å². The number of aliphatic hydroxyl groups is 1. The summed E-state index contributed by atoms with van der Waals surface area (Å²) in [5, 5.41) is 16.4. The fourth-order valence-electron chi connectivity index (χ4n) is 2.22. The summed E-state index contributed by atoms with van der Waals surface area (Å²) in [7, 11) is 0. The van der Waals surface area contributed by atoms with E-state index in [1.54, 1.807) is 24.3 Å². The highest BCUT2D eigenvalue weighted by Gasteiger charge is 2.25. The number of amides is 2. The van der Waals surface area contributed by atoms with Gasteiger partial charge in [-0.05, 0) is 31.0 Å². The van der Waals surface area contributed by atoms with Crippen molar-refractivity contribution in [3.05, 3.63) is 29.3 Å². The van der Waals surface area contributed by atoms with Crippen LogP contribution in [-0.4, -0.2) is 23.3 Å². The van der Waals surface area contributed by atoms with E-state index in [1.807, 2.05) is 13.8 Å². The van der Waals surface area contributed by atoms with Crippen LogP contribution in [0.2, 0.25) is 5.02 Å². The summed E-state index contributed by atoms with van der Waals surface area (Å²) in [6, 6.07) is 6.60. The molecular formula is C15H23ClN2O2. The molecule has 0 saturated carbocycles. The molecule has 0 aliphatic carbocycles. The van der Waals surface area contributed by atoms with Gasteiger partial charge < -0.3 is 15.7 Å². The molecule has 0 aliphatic heterocycles. The molecule has 0 radical (unpaired) electrons. The lowest BCUT2D eigenvalue weighted by Crippen LogP contribution is -2.44. The molecule has 0 aliphatic rings. The lowest BCUT2D eigenvalue weighted by molar-refractivity contribution is 0.0245. The van der Waals surface area contributed by atoms with Gasteiger partial charge in [-0.15, -0.1) is 0 Å². The Balaban J connectivity index is 2.49. The molecule has 0 fully saturated rings. The number of carbonyl (C=O) groups is 1. The van der Waals surface area contributed by atoms with Crippen LogP contribution < -0.4 is 10.6 Å². The molecule has 0 spiro atoms. The number of nitrogens with one attached hydrogen (secondary N) is 2. The van der Waals surface area contributed by atoms with Gasteiger partial charge in [0.05, 0.1) is 5.60 Å². The molecule has 0 aromatic heterocycles. The van der Waals surface area contributed by atoms with Crippen molar-refractivity contribution >= 4 is 23.3 Å². The van der Waals surface area contributed by atoms with Gasteiger partial charge in [-0.25, -0.2) is 4.79 Å². The summed E-state index contributed by atoms with van der Waals surface area (Å²) in [4.78, 5) is 11.8. The van der Waals surface area contributed by atoms with Gasteiger partial charge >= 0.3 is 6.03 Å². The maximum Gasteiger partial charge on any atom is 0.319 e. The molecule has 2 amide bonds. The monoisotopic (exact) mass is 298 g/mol. The first-order chi connectivity index (χ1) is 9.49. The quantitative estimate of drug-likeness (QED) is 0.717. The molecule has 112 valence electrons. The molecule has 0 atom stereocenters. The molecule has 0 bridgehead atoms. The SMILES string of the molecule is CCCC(O)(CCC)CNC(=O)Nc1cccc(Cl)c1. The Bertz CT molecular complexity index is 432. The minimum atomic E-state index is -0.824. The van der Waals surface area contributed by atoms with E-state index in [2.05, 4.69) is 10.6 Å². The van der Waals surface area contributed by atoms with E-state index in [9.17, 15) is 9.90 Å². The third-order valence-corrected chi connectivity index (χ3v) is 3.33. The molecule has 1 aromatic carbocycles. The van der Waals surface area contributed by atoms with Gasteiger partial charge in [0.1, 0.15) is 0 Å². The van der Waals surface area contributed by atoms with Gasteiger partial charge in [0.15, 0.2) is 0 Å². The van der Waals surface area contributed by atoms with Crippen molar-refractivity contribution in [1.82, 2.24) is 5.32 Å². The molecule has 1 aromatic rings. The Hall–Kier alpha value is -1.26. The number of hydrogen-bond donors (Lipinski definition) is 3. The van der Waals surface area contributed by atoms with Crippen molar-refractivity contribution in [2.75, 3.05) is 11.9 Å². The largest absolute Gasteiger partial charge is 0.388 e. The molecule has 0 heterocycles. The summed E-state index contributed by atoms with van der Waals surface area (Å²) in [5.74, 6) is 0. The van der Waals surface area contributed by atoms with E-state index in [1.165, 1.54) is 0 Å². The zero-order chi connectivity index (χ0) is 15.0. The first-order valence-electron chi connectivity index (χ1n) is 7.02. The summed E-state index contributed by atoms with van der Waals surface area (Å²) >= 11 is 5.85. The summed E-state index contributed by atoms with van der Waals surface area (Å²) in [5.41, 5.74) is -0.195. The first kappa shape index (κ1) is 16.8. The summed E-state index contributed by atoms with van der Waals surface area (Å²) in [6.45, 7) is 4.29. The van der Waals surface area contributed by atoms with Crippen LogP contribution in [0.4, 0.5) is 10.5 Å². The number of anilines is 1. The average molecular weight is 299 g/mol. The van der Waals surface area contributed by atoms with Crippen LogP contribution in [0.5, 0.6) is 0 Å². The van der Waals surface area contributed by atoms with Crippen molar-refractivity contribution in [2.24, 2.45) is 0 Å². The van der Waals surface area contributed by atoms with Crippen LogP contribution in [0.15, 0.2) is 24.3 Å². The fraction of sp³-hybridized carbons (Fsp3) is 0.533. The lowest BCUT2D eigenvalue weighted by atomic mass is 9.93. The number of carbonyl (C=O) groups excluding carboxylic acids is 1. The van der Waals surface area contributed by atoms with E-state index in [4.69, 9.17) is 11.6 Å². The van der Waals surface area contributed by atoms with E-state index in [0.29, 0.717) is 23.6 Å². The number of rotatable bonds is 7. The third-order valence-electron chi connectivity index (χ3n) is 3.09. The Morgan fingerprint density at radius 2 is 1.95 bits per heavy atom. The van der Waals surface area contributed by atoms with Crippen molar-refractivity contribution in [3.63, 3.8) is 0 Å². The second-order valence-corrected chi connectivity index (χ2v) is 5.48. The van der Waals surface area contributed by atoms with Gasteiger partial charge in [0.25, 0.3) is 0 Å². The maximum absolute atomic E-state index is 11.8. The Kier molecular flexibility index (Phi) is 6.82. The molecule has 5 heteroatoms. The molecule has 4 nitrogen and oxygen atoms in total. The van der Waals surface area contributed by atoms with Crippen LogP contribution in [0.1, 0.15) is 39.5 Å². The van der Waals surface area contributed by atoms with Gasteiger partial charge in [-0.3, -0.25) is 0 Å². The molecule has 20 heavy (non-hydrogen) atoms. The molecular weight excluding hydrogens is 276 g/mol. The van der Waals surface area contributed by atoms with E-state index >= 15 is 0 Å². The lowest BCUT2D eigenvalue weighted by Gasteiger charge is -2.27. The normalized spacial score (nSPS) is 11.2. The third kappa shape index (κ3) is 5.80. The molecule has 1 rings (SSSR count). The van der Waals surface area contributed by atoms with Crippen molar-refractivity contribution in [3.8, 4) is 0 Å². The average Bonchev–Trinajstić information content (AvgIpc) is 2.37. The number of urea groups is 1. The molecule has 3 N–H and O–H groups in total. The second-order valence-electron chi connectivity index (χ2n) is 5.04. The standard InChI is InChI=1S/C15H23ClN2O2/c1-3-8-15(20,9-4-2)11-17-14(19)18-13-7-5-6-12(16)10-13/h5-7,10,20H,3-4,8-9,11H2,1-2H3,(H2,17,18,19). The van der Waals surface area contributed by atoms with Crippen molar-refractivity contribution in [2.45, 2.75) is 45.1 Å². The van der Waals surface area contributed by atoms with Crippen LogP contribution >= 0.6 is 11.6 Å². The number of halogens is 1. The Morgan fingerprint density at radius 1 is 1.30 bits per heavy atom. The number of benzene rings is 1. The Labute approximate surface area is 125 Å². The minimum absolute atomic E-state index is 0.251. The van der Waals surface area contributed by atoms with Gasteiger partial charge in [-0.2, -0.15) is 0 Å². The minimum Gasteiger partial charge on any atom is -0.388 e. The Morgan fingerprint density at radius 3 is 2.50 bits per heavy atom. The zero-order valence-corrected chi connectivity index (χ0v) is 12.8. The predicted octanol–water partition coefficient (Wildman–Crippen LogP) is 3.79. The summed E-state index contributed by atoms with van der Waals surface area (Å²) in [6.07, 6.45) is 3.12. The van der Waals surface area contributed by atoms with Gasteiger partial charge in [0.2, 0.25) is 0 Å². The molecule has 0 saturated heterocycles. The second kappa shape index (κ2) is 8.12. The smallest absolute Gasteiger partial charge is 0.319 e. The predicted molar refractivity (Wildman–Crippen MR) is 83.2 cm³/mol. The van der Waals surface area contributed by atoms with E-state index < -0.39 is 5.60 Å². The topological polar surface area (TPSA) is 61.4 Å². The molecule has 0 unspecified atom stereocenters. The first-order valence-corrected chi connectivity index (χ1v) is 7.39. The maximum atomic E-state index is 11.8.